The Balaban J connectivity index is 1.33. The number of nitrogens with zero attached hydrogens (tertiary/aromatic N) is 4. The minimum absolute atomic E-state index is 0.0169. The molecule has 2 fully saturated rings. The van der Waals surface area contributed by atoms with E-state index in [9.17, 15) is 68.3 Å². The van der Waals surface area contributed by atoms with E-state index in [0.29, 0.717) is 4.68 Å². The van der Waals surface area contributed by atoms with Crippen LogP contribution in [0, 0.1) is 16.7 Å². The Morgan fingerprint density at radius 3 is 1.97 bits per heavy atom. The number of halogens is 12. The largest absolute Gasteiger partial charge is 0.573 e. The third-order valence-corrected chi connectivity index (χ3v) is 9.86. The Kier molecular flexibility index (Phi) is 12.8. The van der Waals surface area contributed by atoms with Crippen molar-refractivity contribution >= 4 is 47.2 Å². The molecule has 1 heterocycles. The predicted octanol–water partition coefficient (Wildman–Crippen LogP) is 9.31. The fourth-order valence-electron chi connectivity index (χ4n) is 5.78. The number of benzene rings is 2. The van der Waals surface area contributed by atoms with Crippen molar-refractivity contribution in [2.45, 2.75) is 82.0 Å². The van der Waals surface area contributed by atoms with Gasteiger partial charge in [0.15, 0.2) is 17.9 Å². The Hall–Kier alpha value is -5.50. The number of ether oxygens (including phenoxy) is 5. The molecule has 13 nitrogen and oxygen atoms in total. The van der Waals surface area contributed by atoms with Gasteiger partial charge in [-0.05, 0) is 76.3 Å². The number of hydrogen-bond acceptors (Lipinski definition) is 11. The molecule has 0 unspecified atom stereocenters. The van der Waals surface area contributed by atoms with Gasteiger partial charge >= 0.3 is 42.5 Å². The van der Waals surface area contributed by atoms with Crippen LogP contribution >= 0.6 is 23.2 Å². The SMILES string of the molecule is CC(C)(C)OC(=O)C1(C(=O)OCCOC(=O)OCN(C(=O)c2cc(-c3cnn(-c4c(Cl)cc(C(F)(C(F)(F)F)C(F)(F)F)cc4OC(F)(F)F)c3)ccc2Cl)C2(C#N)CC2)CC1. The van der Waals surface area contributed by atoms with E-state index < -0.39 is 113 Å². The summed E-state index contributed by atoms with van der Waals surface area (Å²) in [5.41, 5.74) is -13.8. The van der Waals surface area contributed by atoms with E-state index in [4.69, 9.17) is 42.1 Å². The standard InChI is InChI=1S/C37H30Cl2F10N4O9/c1-31(2,3)62-29(56)33(8-9-33)28(55)58-10-11-59-30(57)60-18-52(32(17-50)6-7-32)27(54)22-12-19(4-5-23(22)38)20-15-51-53(16-20)26-24(39)13-21(14-25(26)61-37(47,48)49)34(40,35(41,42)43)36(44,45)46/h4-5,12-16H,6-11,18H2,1-3H3. The smallest absolute Gasteiger partial charge is 0.461 e. The van der Waals surface area contributed by atoms with E-state index >= 15 is 0 Å². The van der Waals surface area contributed by atoms with Crippen molar-refractivity contribution in [1.82, 2.24) is 14.7 Å². The van der Waals surface area contributed by atoms with Gasteiger partial charge in [-0.25, -0.2) is 13.9 Å². The summed E-state index contributed by atoms with van der Waals surface area (Å²) in [6, 6.07) is 4.84. The first-order valence-electron chi connectivity index (χ1n) is 17.7. The Labute approximate surface area is 353 Å². The Bertz CT molecular complexity index is 2280. The first kappa shape index (κ1) is 47.5. The molecule has 2 aromatic carbocycles. The average molecular weight is 936 g/mol. The molecule has 5 rings (SSSR count). The highest BCUT2D eigenvalue weighted by molar-refractivity contribution is 6.34. The minimum atomic E-state index is -6.71. The van der Waals surface area contributed by atoms with E-state index in [1.54, 1.807) is 20.8 Å². The van der Waals surface area contributed by atoms with Gasteiger partial charge in [-0.3, -0.25) is 19.3 Å². The van der Waals surface area contributed by atoms with Gasteiger partial charge in [0.05, 0.1) is 27.9 Å². The van der Waals surface area contributed by atoms with Crippen molar-refractivity contribution in [3.05, 3.63) is 63.9 Å². The van der Waals surface area contributed by atoms with Crippen LogP contribution in [0.15, 0.2) is 42.7 Å². The highest BCUT2D eigenvalue weighted by Gasteiger charge is 2.74. The molecule has 2 saturated carbocycles. The molecule has 0 radical (unpaired) electrons. The summed E-state index contributed by atoms with van der Waals surface area (Å²) in [5, 5.41) is 12.2. The average Bonchev–Trinajstić information content (AvgIpc) is 4.07. The number of amides is 1. The number of rotatable bonds is 13. The zero-order valence-electron chi connectivity index (χ0n) is 32.0. The van der Waals surface area contributed by atoms with Crippen LogP contribution in [-0.4, -0.2) is 88.5 Å². The summed E-state index contributed by atoms with van der Waals surface area (Å²) in [4.78, 5) is 52.2. The quantitative estimate of drug-likeness (QED) is 0.0402. The summed E-state index contributed by atoms with van der Waals surface area (Å²) in [6.07, 6.45) is -18.1. The van der Waals surface area contributed by atoms with Gasteiger partial charge in [-0.1, -0.05) is 29.3 Å². The van der Waals surface area contributed by atoms with E-state index in [2.05, 4.69) is 9.84 Å². The number of nitriles is 1. The van der Waals surface area contributed by atoms with Crippen LogP contribution < -0.4 is 4.74 Å². The summed E-state index contributed by atoms with van der Waals surface area (Å²) in [6.45, 7) is 2.98. The number of carbonyl (C=O) groups excluding carboxylic acids is 4. The van der Waals surface area contributed by atoms with Gasteiger partial charge in [-0.15, -0.1) is 13.2 Å². The van der Waals surface area contributed by atoms with Gasteiger partial charge < -0.3 is 23.7 Å². The maximum absolute atomic E-state index is 14.9. The zero-order valence-corrected chi connectivity index (χ0v) is 33.5. The second kappa shape index (κ2) is 16.7. The van der Waals surface area contributed by atoms with Gasteiger partial charge in [0, 0.05) is 17.3 Å². The molecule has 2 aliphatic rings. The maximum Gasteiger partial charge on any atom is 0.573 e. The highest BCUT2D eigenvalue weighted by Crippen LogP contribution is 2.55. The van der Waals surface area contributed by atoms with Crippen LogP contribution in [0.3, 0.4) is 0 Å². The lowest BCUT2D eigenvalue weighted by Crippen LogP contribution is -2.50. The normalized spacial score (nSPS) is 15.8. The van der Waals surface area contributed by atoms with Crippen molar-refractivity contribution in [3.8, 4) is 28.6 Å². The summed E-state index contributed by atoms with van der Waals surface area (Å²) >= 11 is 12.2. The molecule has 0 aliphatic heterocycles. The zero-order chi connectivity index (χ0) is 46.4. The molecule has 0 bridgehead atoms. The lowest BCUT2D eigenvalue weighted by Gasteiger charge is -2.31. The van der Waals surface area contributed by atoms with Crippen molar-refractivity contribution in [2.75, 3.05) is 19.9 Å². The molecule has 62 heavy (non-hydrogen) atoms. The van der Waals surface area contributed by atoms with Crippen LogP contribution in [0.25, 0.3) is 16.8 Å². The van der Waals surface area contributed by atoms with Crippen LogP contribution in [0.5, 0.6) is 5.75 Å². The molecule has 0 atom stereocenters. The Morgan fingerprint density at radius 1 is 0.823 bits per heavy atom. The fourth-order valence-corrected chi connectivity index (χ4v) is 6.28. The molecule has 25 heteroatoms. The number of hydrogen-bond donors (Lipinski definition) is 0. The van der Waals surface area contributed by atoms with Crippen molar-refractivity contribution < 1.29 is 86.8 Å². The lowest BCUT2D eigenvalue weighted by atomic mass is 9.93. The van der Waals surface area contributed by atoms with Gasteiger partial charge in [0.25, 0.3) is 5.91 Å². The second-order valence-corrected chi connectivity index (χ2v) is 15.7. The minimum Gasteiger partial charge on any atom is -0.461 e. The van der Waals surface area contributed by atoms with Crippen molar-refractivity contribution in [3.63, 3.8) is 0 Å². The third-order valence-electron chi connectivity index (χ3n) is 9.25. The lowest BCUT2D eigenvalue weighted by molar-refractivity contribution is -0.348. The van der Waals surface area contributed by atoms with Crippen LogP contribution in [-0.2, 0) is 34.2 Å². The summed E-state index contributed by atoms with van der Waals surface area (Å²) < 4.78 is 160. The molecular formula is C37H30Cl2F10N4O9. The topological polar surface area (TPSA) is 159 Å². The Morgan fingerprint density at radius 2 is 1.44 bits per heavy atom. The summed E-state index contributed by atoms with van der Waals surface area (Å²) in [5.74, 6) is -4.42. The van der Waals surface area contributed by atoms with Crippen molar-refractivity contribution in [1.29, 1.82) is 5.26 Å². The highest BCUT2D eigenvalue weighted by atomic mass is 35.5. The maximum atomic E-state index is 14.9. The number of esters is 2. The number of carbonyl (C=O) groups is 4. The van der Waals surface area contributed by atoms with Gasteiger partial charge in [0.2, 0.25) is 0 Å². The molecule has 1 aromatic heterocycles. The molecule has 336 valence electrons. The third kappa shape index (κ3) is 9.90. The molecule has 1 amide bonds. The van der Waals surface area contributed by atoms with Gasteiger partial charge in [0.1, 0.15) is 30.0 Å². The monoisotopic (exact) mass is 934 g/mol. The second-order valence-electron chi connectivity index (χ2n) is 14.8. The fraction of sp³-hybridized carbons (Fsp3) is 0.459. The summed E-state index contributed by atoms with van der Waals surface area (Å²) in [7, 11) is 0. The van der Waals surface area contributed by atoms with Crippen LogP contribution in [0.4, 0.5) is 48.7 Å². The van der Waals surface area contributed by atoms with E-state index in [1.807, 2.05) is 6.07 Å². The number of alkyl halides is 10. The van der Waals surface area contributed by atoms with E-state index in [-0.39, 0.29) is 53.5 Å². The van der Waals surface area contributed by atoms with Crippen LogP contribution in [0.2, 0.25) is 10.0 Å². The van der Waals surface area contributed by atoms with E-state index in [0.717, 1.165) is 23.4 Å². The number of aromatic nitrogens is 2. The first-order valence-corrected chi connectivity index (χ1v) is 18.4. The van der Waals surface area contributed by atoms with E-state index in [1.165, 1.54) is 12.1 Å². The molecule has 0 spiro atoms. The molecular weight excluding hydrogens is 905 g/mol. The molecule has 0 N–H and O–H groups in total. The van der Waals surface area contributed by atoms with Gasteiger partial charge in [-0.2, -0.15) is 36.7 Å². The molecule has 0 saturated heterocycles. The predicted molar refractivity (Wildman–Crippen MR) is 190 cm³/mol. The molecule has 2 aliphatic carbocycles. The molecule has 3 aromatic rings. The van der Waals surface area contributed by atoms with Crippen molar-refractivity contribution in [2.24, 2.45) is 5.41 Å². The van der Waals surface area contributed by atoms with Crippen LogP contribution in [0.1, 0.15) is 62.4 Å². The first-order chi connectivity index (χ1) is 28.5.